The normalized spacial score (nSPS) is 16.2. The van der Waals surface area contributed by atoms with E-state index in [1.807, 2.05) is 18.7 Å². The zero-order valence-electron chi connectivity index (χ0n) is 24.4. The summed E-state index contributed by atoms with van der Waals surface area (Å²) in [6.45, 7) is 9.00. The van der Waals surface area contributed by atoms with Crippen LogP contribution in [0.15, 0.2) is 56.9 Å². The average molecular weight is 559 g/mol. The fourth-order valence-electron chi connectivity index (χ4n) is 5.85. The molecule has 40 heavy (non-hydrogen) atoms. The molecule has 1 aliphatic carbocycles. The van der Waals surface area contributed by atoms with Crippen molar-refractivity contribution in [3.8, 4) is 11.1 Å². The lowest BCUT2D eigenvalue weighted by Crippen LogP contribution is -2.40. The smallest absolute Gasteiger partial charge is 0.256 e. The summed E-state index contributed by atoms with van der Waals surface area (Å²) in [4.78, 5) is 21.9. The van der Waals surface area contributed by atoms with Gasteiger partial charge in [-0.05, 0) is 86.2 Å². The minimum atomic E-state index is -0.488. The number of carbonyl (C=O) groups is 1. The lowest BCUT2D eigenvalue weighted by molar-refractivity contribution is -0.131. The Bertz CT molecular complexity index is 1370. The summed E-state index contributed by atoms with van der Waals surface area (Å²) in [5.74, 6) is 1.91. The summed E-state index contributed by atoms with van der Waals surface area (Å²) in [6.07, 6.45) is 10.3. The van der Waals surface area contributed by atoms with Crippen molar-refractivity contribution in [1.82, 2.24) is 10.1 Å². The number of aryl methyl sites for hydroxylation is 2. The van der Waals surface area contributed by atoms with Crippen molar-refractivity contribution >= 4 is 29.6 Å². The highest BCUT2D eigenvalue weighted by molar-refractivity contribution is 8.00. The van der Waals surface area contributed by atoms with E-state index in [0.29, 0.717) is 12.4 Å². The van der Waals surface area contributed by atoms with Crippen molar-refractivity contribution in [3.63, 3.8) is 0 Å². The topological polar surface area (TPSA) is 70.7 Å². The van der Waals surface area contributed by atoms with E-state index in [0.717, 1.165) is 86.2 Å². The standard InChI is InChI=1S/C33H42N4O2S/c1-5-7-13-26-21-25(22-37-30(16-8-6-2)34-33(32(37)38)19-11-12-20-33)17-18-27(26)28-14-9-10-15-29(28)40-36-31-23(3)24(4)35-39-31/h9-10,14-15,17-18,21,36H,5-8,11-13,16,19-20,22H2,1-4H3. The number of hydrogen-bond donors (Lipinski definition) is 1. The van der Waals surface area contributed by atoms with Gasteiger partial charge in [-0.25, -0.2) is 0 Å². The Morgan fingerprint density at radius 3 is 2.48 bits per heavy atom. The number of benzene rings is 2. The molecule has 0 radical (unpaired) electrons. The SMILES string of the molecule is CCCCC1=NC2(CCCC2)C(=O)N1Cc1ccc(-c2ccccc2SNc2onc(C)c2C)c(CCCC)c1. The van der Waals surface area contributed by atoms with Gasteiger partial charge < -0.3 is 4.52 Å². The molecule has 0 bridgehead atoms. The fourth-order valence-corrected chi connectivity index (χ4v) is 6.68. The molecule has 0 unspecified atom stereocenters. The molecule has 1 aliphatic heterocycles. The Labute approximate surface area is 243 Å². The second kappa shape index (κ2) is 12.6. The van der Waals surface area contributed by atoms with Gasteiger partial charge in [0.2, 0.25) is 5.88 Å². The third-order valence-corrected chi connectivity index (χ3v) is 9.24. The number of rotatable bonds is 12. The molecule has 1 fully saturated rings. The van der Waals surface area contributed by atoms with Gasteiger partial charge >= 0.3 is 0 Å². The number of unbranched alkanes of at least 4 members (excludes halogenated alkanes) is 2. The number of aliphatic imine (C=N–C) groups is 1. The Morgan fingerprint density at radius 1 is 1.00 bits per heavy atom. The van der Waals surface area contributed by atoms with Crippen LogP contribution in [0.25, 0.3) is 11.1 Å². The molecule has 0 saturated heterocycles. The van der Waals surface area contributed by atoms with Gasteiger partial charge in [-0.15, -0.1) is 0 Å². The number of nitrogens with one attached hydrogen (secondary N) is 1. The summed E-state index contributed by atoms with van der Waals surface area (Å²) in [5.41, 5.74) is 6.37. The monoisotopic (exact) mass is 558 g/mol. The zero-order chi connectivity index (χ0) is 28.1. The van der Waals surface area contributed by atoms with E-state index in [-0.39, 0.29) is 5.91 Å². The average Bonchev–Trinajstić information content (AvgIpc) is 3.65. The summed E-state index contributed by atoms with van der Waals surface area (Å²) in [7, 11) is 0. The van der Waals surface area contributed by atoms with E-state index >= 15 is 0 Å². The van der Waals surface area contributed by atoms with E-state index in [1.165, 1.54) is 22.3 Å². The number of aromatic nitrogens is 1. The van der Waals surface area contributed by atoms with Crippen LogP contribution in [0, 0.1) is 13.8 Å². The molecule has 1 spiro atoms. The van der Waals surface area contributed by atoms with Crippen LogP contribution in [0.4, 0.5) is 5.88 Å². The number of hydrogen-bond acceptors (Lipinski definition) is 6. The Hall–Kier alpha value is -3.06. The Balaban J connectivity index is 1.42. The first-order valence-electron chi connectivity index (χ1n) is 14.9. The van der Waals surface area contributed by atoms with E-state index in [9.17, 15) is 4.79 Å². The Morgan fingerprint density at radius 2 is 1.75 bits per heavy atom. The van der Waals surface area contributed by atoms with Crippen LogP contribution in [0.2, 0.25) is 0 Å². The number of amidine groups is 1. The number of amides is 1. The highest BCUT2D eigenvalue weighted by atomic mass is 32.2. The lowest BCUT2D eigenvalue weighted by atomic mass is 9.93. The van der Waals surface area contributed by atoms with Crippen LogP contribution in [-0.4, -0.2) is 27.3 Å². The molecule has 1 aromatic heterocycles. The second-order valence-corrected chi connectivity index (χ2v) is 12.1. The van der Waals surface area contributed by atoms with Gasteiger partial charge in [0.05, 0.1) is 12.2 Å². The minimum absolute atomic E-state index is 0.223. The predicted molar refractivity (Wildman–Crippen MR) is 165 cm³/mol. The Kier molecular flexibility index (Phi) is 8.99. The number of carbonyl (C=O) groups excluding carboxylic acids is 1. The molecule has 1 saturated carbocycles. The van der Waals surface area contributed by atoms with Gasteiger partial charge in [0, 0.05) is 16.9 Å². The maximum Gasteiger partial charge on any atom is 0.256 e. The van der Waals surface area contributed by atoms with Crippen LogP contribution in [0.5, 0.6) is 0 Å². The number of nitrogens with zero attached hydrogens (tertiary/aromatic N) is 3. The highest BCUT2D eigenvalue weighted by Gasteiger charge is 2.49. The van der Waals surface area contributed by atoms with Gasteiger partial charge in [0.15, 0.2) is 0 Å². The van der Waals surface area contributed by atoms with E-state index in [1.54, 1.807) is 11.9 Å². The third kappa shape index (κ3) is 5.85. The van der Waals surface area contributed by atoms with Crippen molar-refractivity contribution in [2.75, 3.05) is 4.72 Å². The summed E-state index contributed by atoms with van der Waals surface area (Å²) < 4.78 is 8.83. The van der Waals surface area contributed by atoms with Crippen molar-refractivity contribution < 1.29 is 9.32 Å². The van der Waals surface area contributed by atoms with Crippen molar-refractivity contribution in [2.24, 2.45) is 4.99 Å². The molecule has 2 heterocycles. The minimum Gasteiger partial charge on any atom is -0.337 e. The van der Waals surface area contributed by atoms with Crippen LogP contribution < -0.4 is 4.72 Å². The van der Waals surface area contributed by atoms with Gasteiger partial charge in [-0.3, -0.25) is 19.4 Å². The molecule has 0 atom stereocenters. The van der Waals surface area contributed by atoms with Crippen LogP contribution in [0.3, 0.4) is 0 Å². The quantitative estimate of drug-likeness (QED) is 0.225. The molecule has 2 aromatic carbocycles. The van der Waals surface area contributed by atoms with Gasteiger partial charge in [-0.2, -0.15) is 0 Å². The van der Waals surface area contributed by atoms with Crippen LogP contribution >= 0.6 is 11.9 Å². The molecule has 212 valence electrons. The van der Waals surface area contributed by atoms with E-state index in [4.69, 9.17) is 9.52 Å². The number of anilines is 1. The van der Waals surface area contributed by atoms with E-state index < -0.39 is 5.54 Å². The molecule has 6 nitrogen and oxygen atoms in total. The van der Waals surface area contributed by atoms with E-state index in [2.05, 4.69) is 66.2 Å². The van der Waals surface area contributed by atoms with Gasteiger partial charge in [0.25, 0.3) is 5.91 Å². The highest BCUT2D eigenvalue weighted by Crippen LogP contribution is 2.41. The maximum absolute atomic E-state index is 13.7. The van der Waals surface area contributed by atoms with Crippen molar-refractivity contribution in [3.05, 3.63) is 64.8 Å². The van der Waals surface area contributed by atoms with Crippen molar-refractivity contribution in [1.29, 1.82) is 0 Å². The van der Waals surface area contributed by atoms with Gasteiger partial charge in [0.1, 0.15) is 11.4 Å². The second-order valence-electron chi connectivity index (χ2n) is 11.3. The van der Waals surface area contributed by atoms with Crippen LogP contribution in [-0.2, 0) is 17.8 Å². The first-order valence-corrected chi connectivity index (χ1v) is 15.7. The third-order valence-electron chi connectivity index (χ3n) is 8.38. The van der Waals surface area contributed by atoms with Crippen molar-refractivity contribution in [2.45, 2.75) is 109 Å². The predicted octanol–water partition coefficient (Wildman–Crippen LogP) is 8.66. The summed E-state index contributed by atoms with van der Waals surface area (Å²) in [5, 5.41) is 4.07. The first-order chi connectivity index (χ1) is 19.5. The zero-order valence-corrected chi connectivity index (χ0v) is 25.2. The fraction of sp³-hybridized carbons (Fsp3) is 0.485. The molecular formula is C33H42N4O2S. The molecule has 3 aromatic rings. The lowest BCUT2D eigenvalue weighted by Gasteiger charge is -2.23. The van der Waals surface area contributed by atoms with Crippen LogP contribution in [0.1, 0.15) is 94.0 Å². The molecule has 1 N–H and O–H groups in total. The molecule has 2 aliphatic rings. The molecule has 7 heteroatoms. The van der Waals surface area contributed by atoms with Gasteiger partial charge in [-0.1, -0.05) is 81.1 Å². The largest absolute Gasteiger partial charge is 0.337 e. The molecule has 1 amide bonds. The summed E-state index contributed by atoms with van der Waals surface area (Å²) >= 11 is 1.55. The first kappa shape index (κ1) is 28.5. The summed E-state index contributed by atoms with van der Waals surface area (Å²) in [6, 6.07) is 15.3. The molecular weight excluding hydrogens is 516 g/mol. The molecule has 5 rings (SSSR count). The maximum atomic E-state index is 13.7.